The van der Waals surface area contributed by atoms with E-state index in [1.165, 1.54) is 0 Å². The molecule has 0 spiro atoms. The van der Waals surface area contributed by atoms with Crippen LogP contribution in [0.25, 0.3) is 0 Å². The normalized spacial score (nSPS) is 18.6. The molecule has 3 aromatic carbocycles. The first-order chi connectivity index (χ1) is 21.0. The van der Waals surface area contributed by atoms with E-state index < -0.39 is 12.1 Å². The van der Waals surface area contributed by atoms with E-state index in [2.05, 4.69) is 26.1 Å². The summed E-state index contributed by atoms with van der Waals surface area (Å²) >= 11 is 12.6. The number of carbonyl (C=O) groups excluding carboxylic acids is 2. The van der Waals surface area contributed by atoms with Gasteiger partial charge in [-0.05, 0) is 66.8 Å². The van der Waals surface area contributed by atoms with Crippen molar-refractivity contribution in [2.24, 2.45) is 4.99 Å². The Bertz CT molecular complexity index is 1550. The van der Waals surface area contributed by atoms with Gasteiger partial charge in [-0.1, -0.05) is 68.2 Å². The fourth-order valence-electron chi connectivity index (χ4n) is 5.68. The molecule has 1 fully saturated rings. The van der Waals surface area contributed by atoms with Gasteiger partial charge in [0.1, 0.15) is 29.9 Å². The first-order valence-corrected chi connectivity index (χ1v) is 15.7. The Hall–Kier alpha value is -3.75. The predicted octanol–water partition coefficient (Wildman–Crippen LogP) is 7.18. The zero-order valence-corrected chi connectivity index (χ0v) is 27.2. The molecule has 44 heavy (non-hydrogen) atoms. The van der Waals surface area contributed by atoms with Gasteiger partial charge in [0.05, 0.1) is 24.8 Å². The monoisotopic (exact) mass is 636 g/mol. The van der Waals surface area contributed by atoms with Crippen molar-refractivity contribution in [2.45, 2.75) is 52.1 Å². The second kappa shape index (κ2) is 13.1. The molecule has 1 saturated heterocycles. The fourth-order valence-corrected chi connectivity index (χ4v) is 5.93. The van der Waals surface area contributed by atoms with E-state index in [9.17, 15) is 9.59 Å². The minimum absolute atomic E-state index is 0.0486. The van der Waals surface area contributed by atoms with Crippen molar-refractivity contribution >= 4 is 41.0 Å². The summed E-state index contributed by atoms with van der Waals surface area (Å²) in [6.45, 7) is 11.8. The number of carbonyl (C=O) groups is 2. The van der Waals surface area contributed by atoms with Gasteiger partial charge in [-0.25, -0.2) is 4.79 Å². The summed E-state index contributed by atoms with van der Waals surface area (Å²) in [4.78, 5) is 35.5. The molecule has 2 heterocycles. The number of ether oxygens (including phenoxy) is 2. The summed E-state index contributed by atoms with van der Waals surface area (Å²) in [6, 6.07) is 17.5. The summed E-state index contributed by atoms with van der Waals surface area (Å²) < 4.78 is 12.4. The van der Waals surface area contributed by atoms with Gasteiger partial charge in [-0.15, -0.1) is 0 Å². The smallest absolute Gasteiger partial charge is 0.326 e. The predicted molar refractivity (Wildman–Crippen MR) is 174 cm³/mol. The van der Waals surface area contributed by atoms with E-state index in [4.69, 9.17) is 37.7 Å². The number of benzene rings is 3. The van der Waals surface area contributed by atoms with Crippen molar-refractivity contribution in [3.05, 3.63) is 93.0 Å². The Labute approximate surface area is 268 Å². The van der Waals surface area contributed by atoms with Crippen molar-refractivity contribution < 1.29 is 19.1 Å². The van der Waals surface area contributed by atoms with Gasteiger partial charge in [0.2, 0.25) is 5.91 Å². The molecule has 0 unspecified atom stereocenters. The number of urea groups is 1. The largest absolute Gasteiger partial charge is 0.494 e. The van der Waals surface area contributed by atoms with Gasteiger partial charge in [0.25, 0.3) is 0 Å². The van der Waals surface area contributed by atoms with Crippen molar-refractivity contribution in [1.29, 1.82) is 0 Å². The highest BCUT2D eigenvalue weighted by atomic mass is 35.5. The highest BCUT2D eigenvalue weighted by molar-refractivity contribution is 6.30. The number of halogens is 2. The third-order valence-electron chi connectivity index (χ3n) is 7.74. The number of hydrogen-bond acceptors (Lipinski definition) is 5. The third kappa shape index (κ3) is 6.52. The highest BCUT2D eigenvalue weighted by Crippen LogP contribution is 2.47. The number of nitrogens with one attached hydrogen (secondary N) is 1. The first kappa shape index (κ1) is 31.7. The van der Waals surface area contributed by atoms with E-state index in [1.54, 1.807) is 9.80 Å². The van der Waals surface area contributed by atoms with Crippen molar-refractivity contribution in [2.75, 3.05) is 32.8 Å². The summed E-state index contributed by atoms with van der Waals surface area (Å²) in [7, 11) is 0. The lowest BCUT2D eigenvalue weighted by Gasteiger charge is -2.36. The van der Waals surface area contributed by atoms with Crippen molar-refractivity contribution in [3.8, 4) is 11.5 Å². The number of nitrogens with zero attached hydrogens (tertiary/aromatic N) is 3. The van der Waals surface area contributed by atoms with Crippen LogP contribution in [-0.2, 0) is 10.2 Å². The van der Waals surface area contributed by atoms with E-state index >= 15 is 0 Å². The zero-order valence-electron chi connectivity index (χ0n) is 25.7. The molecule has 8 nitrogen and oxygen atoms in total. The van der Waals surface area contributed by atoms with Crippen LogP contribution in [0.2, 0.25) is 10.0 Å². The van der Waals surface area contributed by atoms with Crippen LogP contribution in [-0.4, -0.2) is 60.4 Å². The molecule has 5 rings (SSSR count). The second-order valence-corrected chi connectivity index (χ2v) is 12.7. The first-order valence-electron chi connectivity index (χ1n) is 14.9. The van der Waals surface area contributed by atoms with Gasteiger partial charge in [0.15, 0.2) is 0 Å². The molecule has 3 aromatic rings. The molecule has 0 aromatic heterocycles. The summed E-state index contributed by atoms with van der Waals surface area (Å²) in [5.74, 6) is 1.53. The van der Waals surface area contributed by atoms with E-state index in [0.717, 1.165) is 16.7 Å². The van der Waals surface area contributed by atoms with Gasteiger partial charge in [-0.3, -0.25) is 14.7 Å². The van der Waals surface area contributed by atoms with Gasteiger partial charge in [-0.2, -0.15) is 0 Å². The lowest BCUT2D eigenvalue weighted by molar-refractivity contribution is -0.123. The molecule has 2 aliphatic rings. The molecule has 1 N–H and O–H groups in total. The summed E-state index contributed by atoms with van der Waals surface area (Å²) in [5, 5.41) is 4.00. The standard InChI is InChI=1S/C34H38Cl2N4O4/c1-6-43-27-19-26(34(3,4)5)28(44-7-2)18-25(27)32-38-30(21-8-12-23(35)13-9-21)31(22-10-14-24(36)15-11-22)40(32)33(42)39-17-16-37-29(41)20-39/h8-15,18-19,30-31H,6-7,16-17,20H2,1-5H3,(H,37,41)/t30-,31+/m0/s1. The van der Waals surface area contributed by atoms with Gasteiger partial charge in [0, 0.05) is 28.7 Å². The Kier molecular flexibility index (Phi) is 9.42. The average molecular weight is 638 g/mol. The van der Waals surface area contributed by atoms with Crippen LogP contribution in [0.1, 0.15) is 69.0 Å². The van der Waals surface area contributed by atoms with Crippen LogP contribution in [0.3, 0.4) is 0 Å². The van der Waals surface area contributed by atoms with Crippen LogP contribution in [0, 0.1) is 0 Å². The number of piperazine rings is 1. The third-order valence-corrected chi connectivity index (χ3v) is 8.24. The molecule has 0 radical (unpaired) electrons. The lowest BCUT2D eigenvalue weighted by Crippen LogP contribution is -2.55. The second-order valence-electron chi connectivity index (χ2n) is 11.8. The van der Waals surface area contributed by atoms with Crippen molar-refractivity contribution in [3.63, 3.8) is 0 Å². The summed E-state index contributed by atoms with van der Waals surface area (Å²) in [5.41, 5.74) is 3.11. The average Bonchev–Trinajstić information content (AvgIpc) is 3.38. The zero-order chi connectivity index (χ0) is 31.6. The minimum atomic E-state index is -0.548. The Balaban J connectivity index is 1.76. The summed E-state index contributed by atoms with van der Waals surface area (Å²) in [6.07, 6.45) is 0. The van der Waals surface area contributed by atoms with Crippen molar-refractivity contribution in [1.82, 2.24) is 15.1 Å². The molecule has 3 amide bonds. The van der Waals surface area contributed by atoms with Crippen LogP contribution in [0.5, 0.6) is 11.5 Å². The number of amides is 3. The molecule has 0 bridgehead atoms. The topological polar surface area (TPSA) is 83.5 Å². The molecule has 0 aliphatic carbocycles. The van der Waals surface area contributed by atoms with Crippen LogP contribution in [0.4, 0.5) is 4.79 Å². The number of amidine groups is 1. The lowest BCUT2D eigenvalue weighted by atomic mass is 9.85. The van der Waals surface area contributed by atoms with Crippen LogP contribution < -0.4 is 14.8 Å². The molecule has 0 saturated carbocycles. The maximum Gasteiger partial charge on any atom is 0.326 e. The Morgan fingerprint density at radius 2 is 1.52 bits per heavy atom. The fraction of sp³-hybridized carbons (Fsp3) is 0.382. The van der Waals surface area contributed by atoms with Gasteiger partial charge >= 0.3 is 6.03 Å². The number of hydrogen-bond donors (Lipinski definition) is 1. The number of rotatable bonds is 7. The number of aliphatic imine (C=N–C) groups is 1. The van der Waals surface area contributed by atoms with Crippen LogP contribution >= 0.6 is 23.2 Å². The van der Waals surface area contributed by atoms with E-state index in [-0.39, 0.29) is 23.9 Å². The molecule has 10 heteroatoms. The molecule has 232 valence electrons. The molecular formula is C34H38Cl2N4O4. The maximum absolute atomic E-state index is 14.6. The SMILES string of the molecule is CCOc1cc(C(C)(C)C)c(OCC)cc1C1=N[C@@H](c2ccc(Cl)cc2)[C@@H](c2ccc(Cl)cc2)N1C(=O)N1CCNC(=O)C1. The minimum Gasteiger partial charge on any atom is -0.494 e. The Morgan fingerprint density at radius 1 is 0.932 bits per heavy atom. The molecule has 2 atom stereocenters. The van der Waals surface area contributed by atoms with E-state index in [0.29, 0.717) is 59.2 Å². The highest BCUT2D eigenvalue weighted by Gasteiger charge is 2.45. The Morgan fingerprint density at radius 3 is 2.09 bits per heavy atom. The molecular weight excluding hydrogens is 599 g/mol. The van der Waals surface area contributed by atoms with E-state index in [1.807, 2.05) is 74.5 Å². The van der Waals surface area contributed by atoms with Gasteiger partial charge < -0.3 is 19.7 Å². The quantitative estimate of drug-likeness (QED) is 0.298. The molecule has 2 aliphatic heterocycles. The van der Waals surface area contributed by atoms with Crippen LogP contribution in [0.15, 0.2) is 65.7 Å². The maximum atomic E-state index is 14.6.